The summed E-state index contributed by atoms with van der Waals surface area (Å²) >= 11 is 0. The normalized spacial score (nSPS) is 29.2. The first-order chi connectivity index (χ1) is 10.8. The van der Waals surface area contributed by atoms with Crippen LogP contribution in [-0.4, -0.2) is 44.7 Å². The third-order valence-corrected chi connectivity index (χ3v) is 4.91. The minimum atomic E-state index is 0.0280. The molecule has 22 heavy (non-hydrogen) atoms. The van der Waals surface area contributed by atoms with Crippen molar-refractivity contribution in [2.75, 3.05) is 19.7 Å². The topological polar surface area (TPSA) is 43.2 Å². The van der Waals surface area contributed by atoms with E-state index in [-0.39, 0.29) is 5.60 Å². The van der Waals surface area contributed by atoms with Gasteiger partial charge in [0.15, 0.2) is 0 Å². The summed E-state index contributed by atoms with van der Waals surface area (Å²) in [6, 6.07) is 4.64. The van der Waals surface area contributed by atoms with E-state index in [4.69, 9.17) is 4.74 Å². The molecule has 0 bridgehead atoms. The number of hydrogen-bond acceptors (Lipinski definition) is 4. The Kier molecular flexibility index (Phi) is 3.68. The van der Waals surface area contributed by atoms with Gasteiger partial charge in [0.1, 0.15) is 0 Å². The Morgan fingerprint density at radius 3 is 2.95 bits per heavy atom. The second-order valence-corrected chi connectivity index (χ2v) is 6.53. The Morgan fingerprint density at radius 1 is 1.23 bits per heavy atom. The number of aromatic nitrogens is 3. The monoisotopic (exact) mass is 298 g/mol. The summed E-state index contributed by atoms with van der Waals surface area (Å²) in [6.45, 7) is 3.98. The number of likely N-dealkylation sites (tertiary alicyclic amines) is 1. The number of ether oxygens (including phenoxy) is 1. The average molecular weight is 298 g/mol. The Bertz CT molecular complexity index is 600. The number of imidazole rings is 1. The van der Waals surface area contributed by atoms with Crippen molar-refractivity contribution in [3.05, 3.63) is 48.8 Å². The fourth-order valence-electron chi connectivity index (χ4n) is 3.85. The highest BCUT2D eigenvalue weighted by Crippen LogP contribution is 2.39. The van der Waals surface area contributed by atoms with Crippen LogP contribution < -0.4 is 0 Å². The van der Waals surface area contributed by atoms with E-state index in [0.29, 0.717) is 6.04 Å². The number of rotatable bonds is 3. The van der Waals surface area contributed by atoms with Crippen LogP contribution in [0.5, 0.6) is 0 Å². The molecular weight excluding hydrogens is 276 g/mol. The Balaban J connectivity index is 1.43. The molecule has 0 radical (unpaired) electrons. The van der Waals surface area contributed by atoms with E-state index < -0.39 is 0 Å². The molecule has 116 valence electrons. The minimum Gasteiger partial charge on any atom is -0.371 e. The van der Waals surface area contributed by atoms with Gasteiger partial charge >= 0.3 is 0 Å². The summed E-state index contributed by atoms with van der Waals surface area (Å²) in [5, 5.41) is 0. The number of piperidine rings is 1. The molecule has 2 atom stereocenters. The van der Waals surface area contributed by atoms with Crippen molar-refractivity contribution in [3.8, 4) is 0 Å². The van der Waals surface area contributed by atoms with Crippen molar-refractivity contribution < 1.29 is 4.74 Å². The zero-order valence-corrected chi connectivity index (χ0v) is 12.8. The summed E-state index contributed by atoms with van der Waals surface area (Å²) in [4.78, 5) is 10.8. The number of nitrogens with zero attached hydrogens (tertiary/aromatic N) is 4. The van der Waals surface area contributed by atoms with Gasteiger partial charge in [-0.25, -0.2) is 4.98 Å². The first-order valence-electron chi connectivity index (χ1n) is 8.06. The lowest BCUT2D eigenvalue weighted by molar-refractivity contribution is -0.0534. The third-order valence-electron chi connectivity index (χ3n) is 4.91. The van der Waals surface area contributed by atoms with Crippen molar-refractivity contribution in [1.82, 2.24) is 19.4 Å². The lowest BCUT2D eigenvalue weighted by Gasteiger charge is -2.39. The smallest absolute Gasteiger partial charge is 0.0949 e. The van der Waals surface area contributed by atoms with E-state index in [1.807, 2.05) is 31.1 Å². The molecule has 1 spiro atoms. The SMILES string of the molecule is c1cc(CN2CCCC3(CC(n4ccnc4)CO3)C2)ccn1. The van der Waals surface area contributed by atoms with Crippen LogP contribution >= 0.6 is 0 Å². The van der Waals surface area contributed by atoms with E-state index in [1.165, 1.54) is 18.4 Å². The fraction of sp³-hybridized carbons (Fsp3) is 0.529. The van der Waals surface area contributed by atoms with Gasteiger partial charge in [-0.05, 0) is 37.1 Å². The first-order valence-corrected chi connectivity index (χ1v) is 8.06. The van der Waals surface area contributed by atoms with Crippen LogP contribution in [0.3, 0.4) is 0 Å². The highest BCUT2D eigenvalue weighted by molar-refractivity contribution is 5.10. The second kappa shape index (κ2) is 5.82. The summed E-state index contributed by atoms with van der Waals surface area (Å²) in [6.07, 6.45) is 13.0. The Hall–Kier alpha value is -1.72. The van der Waals surface area contributed by atoms with Crippen LogP contribution in [0.15, 0.2) is 43.2 Å². The highest BCUT2D eigenvalue weighted by atomic mass is 16.5. The van der Waals surface area contributed by atoms with Gasteiger partial charge in [0, 0.05) is 44.3 Å². The van der Waals surface area contributed by atoms with Gasteiger partial charge < -0.3 is 9.30 Å². The van der Waals surface area contributed by atoms with Crippen molar-refractivity contribution >= 4 is 0 Å². The van der Waals surface area contributed by atoms with E-state index in [1.54, 1.807) is 0 Å². The standard InChI is InChI=1S/C17H22N4O/c1-4-17(10-16(12-22-17)21-9-7-19-14-21)13-20(8-1)11-15-2-5-18-6-3-15/h2-3,5-7,9,14,16H,1,4,8,10-13H2. The molecule has 5 heteroatoms. The molecule has 2 fully saturated rings. The maximum Gasteiger partial charge on any atom is 0.0949 e. The molecule has 0 amide bonds. The fourth-order valence-corrected chi connectivity index (χ4v) is 3.85. The first kappa shape index (κ1) is 13.9. The predicted octanol–water partition coefficient (Wildman–Crippen LogP) is 2.27. The summed E-state index contributed by atoms with van der Waals surface area (Å²) in [5.41, 5.74) is 1.36. The van der Waals surface area contributed by atoms with Crippen LogP contribution in [0.25, 0.3) is 0 Å². The molecule has 4 heterocycles. The molecule has 4 rings (SSSR count). The van der Waals surface area contributed by atoms with Gasteiger partial charge in [-0.3, -0.25) is 9.88 Å². The molecule has 2 aliphatic rings. The molecule has 0 aromatic carbocycles. The molecule has 0 saturated carbocycles. The predicted molar refractivity (Wildman–Crippen MR) is 83.3 cm³/mol. The average Bonchev–Trinajstić information content (AvgIpc) is 3.19. The van der Waals surface area contributed by atoms with Gasteiger partial charge in [-0.1, -0.05) is 0 Å². The summed E-state index contributed by atoms with van der Waals surface area (Å²) in [5.74, 6) is 0. The van der Waals surface area contributed by atoms with Gasteiger partial charge in [0.2, 0.25) is 0 Å². The summed E-state index contributed by atoms with van der Waals surface area (Å²) in [7, 11) is 0. The minimum absolute atomic E-state index is 0.0280. The van der Waals surface area contributed by atoms with Gasteiger partial charge in [-0.15, -0.1) is 0 Å². The van der Waals surface area contributed by atoms with Gasteiger partial charge in [-0.2, -0.15) is 0 Å². The molecule has 5 nitrogen and oxygen atoms in total. The van der Waals surface area contributed by atoms with Crippen LogP contribution in [0.1, 0.15) is 30.9 Å². The zero-order valence-electron chi connectivity index (χ0n) is 12.8. The van der Waals surface area contributed by atoms with E-state index >= 15 is 0 Å². The molecule has 2 aliphatic heterocycles. The molecule has 2 aromatic heterocycles. The lowest BCUT2D eigenvalue weighted by atomic mass is 9.88. The van der Waals surface area contributed by atoms with Crippen LogP contribution in [0.2, 0.25) is 0 Å². The van der Waals surface area contributed by atoms with Crippen molar-refractivity contribution in [2.24, 2.45) is 0 Å². The largest absolute Gasteiger partial charge is 0.371 e. The maximum absolute atomic E-state index is 6.28. The van der Waals surface area contributed by atoms with Crippen LogP contribution in [0, 0.1) is 0 Å². The lowest BCUT2D eigenvalue weighted by Crippen LogP contribution is -2.47. The van der Waals surface area contributed by atoms with Gasteiger partial charge in [0.25, 0.3) is 0 Å². The molecule has 2 unspecified atom stereocenters. The third kappa shape index (κ3) is 2.78. The maximum atomic E-state index is 6.28. The van der Waals surface area contributed by atoms with Crippen LogP contribution in [-0.2, 0) is 11.3 Å². The second-order valence-electron chi connectivity index (χ2n) is 6.53. The zero-order chi connectivity index (χ0) is 14.8. The van der Waals surface area contributed by atoms with Gasteiger partial charge in [0.05, 0.1) is 24.6 Å². The van der Waals surface area contributed by atoms with E-state index in [9.17, 15) is 0 Å². The van der Waals surface area contributed by atoms with Crippen LogP contribution in [0.4, 0.5) is 0 Å². The Morgan fingerprint density at radius 2 is 2.14 bits per heavy atom. The summed E-state index contributed by atoms with van der Waals surface area (Å²) < 4.78 is 8.47. The van der Waals surface area contributed by atoms with Crippen molar-refractivity contribution in [1.29, 1.82) is 0 Å². The molecular formula is C17H22N4O. The molecule has 2 saturated heterocycles. The highest BCUT2D eigenvalue weighted by Gasteiger charge is 2.43. The molecule has 0 aliphatic carbocycles. The van der Waals surface area contributed by atoms with E-state index in [2.05, 4.69) is 31.6 Å². The molecule has 2 aromatic rings. The number of pyridine rings is 1. The van der Waals surface area contributed by atoms with Crippen molar-refractivity contribution in [3.63, 3.8) is 0 Å². The Labute approximate surface area is 130 Å². The van der Waals surface area contributed by atoms with E-state index in [0.717, 1.165) is 32.7 Å². The molecule has 0 N–H and O–H groups in total. The number of hydrogen-bond donors (Lipinski definition) is 0. The quantitative estimate of drug-likeness (QED) is 0.872. The van der Waals surface area contributed by atoms with Crippen molar-refractivity contribution in [2.45, 2.75) is 37.5 Å².